The minimum Gasteiger partial charge on any atom is -0.204 e. The summed E-state index contributed by atoms with van der Waals surface area (Å²) in [5.74, 6) is -2.84. The molecule has 0 aliphatic rings. The van der Waals surface area contributed by atoms with Crippen LogP contribution in [0.1, 0.15) is 22.3 Å². The molecular formula is C10F2N4. The predicted octanol–water partition coefficient (Wildman–Crippen LogP) is 1.45. The van der Waals surface area contributed by atoms with E-state index in [4.69, 9.17) is 21.0 Å². The van der Waals surface area contributed by atoms with Crippen LogP contribution in [0, 0.1) is 57.0 Å². The van der Waals surface area contributed by atoms with E-state index in [1.807, 2.05) is 0 Å². The van der Waals surface area contributed by atoms with E-state index >= 15 is 0 Å². The molecule has 0 spiro atoms. The first-order valence-electron chi connectivity index (χ1n) is 3.77. The van der Waals surface area contributed by atoms with Gasteiger partial charge in [-0.1, -0.05) is 0 Å². The van der Waals surface area contributed by atoms with Crippen LogP contribution in [-0.2, 0) is 0 Å². The Balaban J connectivity index is 3.99. The summed E-state index contributed by atoms with van der Waals surface area (Å²) in [4.78, 5) is 0. The number of halogens is 2. The fourth-order valence-corrected chi connectivity index (χ4v) is 1.11. The number of hydrogen-bond acceptors (Lipinski definition) is 4. The van der Waals surface area contributed by atoms with Gasteiger partial charge in [0.05, 0.1) is 5.56 Å². The third-order valence-electron chi connectivity index (χ3n) is 1.83. The van der Waals surface area contributed by atoms with Crippen molar-refractivity contribution in [3.63, 3.8) is 0 Å². The molecule has 0 aliphatic heterocycles. The topological polar surface area (TPSA) is 95.2 Å². The van der Waals surface area contributed by atoms with Gasteiger partial charge in [0.25, 0.3) is 0 Å². The molecule has 0 amide bonds. The highest BCUT2D eigenvalue weighted by Gasteiger charge is 2.24. The van der Waals surface area contributed by atoms with Gasteiger partial charge in [0, 0.05) is 0 Å². The summed E-state index contributed by atoms with van der Waals surface area (Å²) in [6.45, 7) is 0. The molecule has 0 radical (unpaired) electrons. The maximum absolute atomic E-state index is 13.4. The van der Waals surface area contributed by atoms with E-state index in [-0.39, 0.29) is 0 Å². The van der Waals surface area contributed by atoms with Crippen molar-refractivity contribution in [3.8, 4) is 24.3 Å². The maximum Gasteiger partial charge on any atom is 0.163 e. The first kappa shape index (κ1) is 11.1. The van der Waals surface area contributed by atoms with E-state index < -0.39 is 33.9 Å². The zero-order valence-corrected chi connectivity index (χ0v) is 7.54. The third kappa shape index (κ3) is 1.32. The number of hydrogen-bond donors (Lipinski definition) is 0. The van der Waals surface area contributed by atoms with Crippen LogP contribution in [0.2, 0.25) is 0 Å². The molecule has 1 aromatic carbocycles. The summed E-state index contributed by atoms with van der Waals surface area (Å²) in [5, 5.41) is 34.2. The molecule has 0 saturated carbocycles. The van der Waals surface area contributed by atoms with Crippen molar-refractivity contribution in [3.05, 3.63) is 33.9 Å². The van der Waals surface area contributed by atoms with Crippen LogP contribution in [0.15, 0.2) is 0 Å². The van der Waals surface area contributed by atoms with Crippen LogP contribution in [0.3, 0.4) is 0 Å². The van der Waals surface area contributed by atoms with Gasteiger partial charge in [-0.15, -0.1) is 0 Å². The molecule has 74 valence electrons. The minimum atomic E-state index is -1.42. The first-order chi connectivity index (χ1) is 7.62. The van der Waals surface area contributed by atoms with Crippen molar-refractivity contribution < 1.29 is 8.78 Å². The predicted molar refractivity (Wildman–Crippen MR) is 45.2 cm³/mol. The Morgan fingerprint density at radius 3 is 1.12 bits per heavy atom. The molecule has 0 atom stereocenters. The average molecular weight is 214 g/mol. The fraction of sp³-hybridized carbons (Fsp3) is 0. The molecule has 0 aliphatic carbocycles. The number of rotatable bonds is 0. The SMILES string of the molecule is N#Cc1c(F)c(C#N)c(C#N)c(C#N)c1F. The normalized spacial score (nSPS) is 8.38. The summed E-state index contributed by atoms with van der Waals surface area (Å²) in [6.07, 6.45) is 0. The molecule has 0 heterocycles. The molecular weight excluding hydrogens is 214 g/mol. The molecule has 6 heteroatoms. The van der Waals surface area contributed by atoms with Crippen LogP contribution in [-0.4, -0.2) is 0 Å². The summed E-state index contributed by atoms with van der Waals surface area (Å²) >= 11 is 0. The lowest BCUT2D eigenvalue weighted by molar-refractivity contribution is 0.571. The highest BCUT2D eigenvalue weighted by atomic mass is 19.1. The lowest BCUT2D eigenvalue weighted by Crippen LogP contribution is -2.03. The molecule has 1 rings (SSSR count). The monoisotopic (exact) mass is 214 g/mol. The summed E-state index contributed by atoms with van der Waals surface area (Å²) in [6, 6.07) is 5.22. The lowest BCUT2D eigenvalue weighted by atomic mass is 9.98. The van der Waals surface area contributed by atoms with Gasteiger partial charge >= 0.3 is 0 Å². The van der Waals surface area contributed by atoms with E-state index in [0.29, 0.717) is 0 Å². The van der Waals surface area contributed by atoms with Gasteiger partial charge in [0.1, 0.15) is 41.0 Å². The van der Waals surface area contributed by atoms with Crippen molar-refractivity contribution >= 4 is 0 Å². The Kier molecular flexibility index (Phi) is 2.81. The van der Waals surface area contributed by atoms with E-state index in [9.17, 15) is 8.78 Å². The van der Waals surface area contributed by atoms with E-state index in [1.54, 1.807) is 0 Å². The van der Waals surface area contributed by atoms with Crippen molar-refractivity contribution in [2.45, 2.75) is 0 Å². The Bertz CT molecular complexity index is 594. The fourth-order valence-electron chi connectivity index (χ4n) is 1.11. The average Bonchev–Trinajstić information content (AvgIpc) is 2.29. The third-order valence-corrected chi connectivity index (χ3v) is 1.83. The number of nitriles is 4. The van der Waals surface area contributed by atoms with Gasteiger partial charge in [0.15, 0.2) is 11.6 Å². The summed E-state index contributed by atoms with van der Waals surface area (Å²) in [7, 11) is 0. The molecule has 0 bridgehead atoms. The van der Waals surface area contributed by atoms with Gasteiger partial charge in [-0.05, 0) is 0 Å². The maximum atomic E-state index is 13.4. The zero-order valence-electron chi connectivity index (χ0n) is 7.54. The number of nitrogens with zero attached hydrogens (tertiary/aromatic N) is 4. The van der Waals surface area contributed by atoms with Crippen LogP contribution < -0.4 is 0 Å². The van der Waals surface area contributed by atoms with Gasteiger partial charge in [-0.3, -0.25) is 0 Å². The first-order valence-corrected chi connectivity index (χ1v) is 3.77. The lowest BCUT2D eigenvalue weighted by Gasteiger charge is -2.03. The van der Waals surface area contributed by atoms with Crippen LogP contribution >= 0.6 is 0 Å². The molecule has 1 aromatic rings. The summed E-state index contributed by atoms with van der Waals surface area (Å²) in [5.41, 5.74) is -3.32. The second-order valence-electron chi connectivity index (χ2n) is 2.58. The second kappa shape index (κ2) is 4.05. The zero-order chi connectivity index (χ0) is 12.3. The molecule has 0 saturated heterocycles. The molecule has 4 nitrogen and oxygen atoms in total. The largest absolute Gasteiger partial charge is 0.204 e. The van der Waals surface area contributed by atoms with Crippen molar-refractivity contribution in [2.75, 3.05) is 0 Å². The van der Waals surface area contributed by atoms with Crippen LogP contribution in [0.25, 0.3) is 0 Å². The van der Waals surface area contributed by atoms with E-state index in [2.05, 4.69) is 0 Å². The van der Waals surface area contributed by atoms with Gasteiger partial charge < -0.3 is 0 Å². The van der Waals surface area contributed by atoms with E-state index in [0.717, 1.165) is 0 Å². The smallest absolute Gasteiger partial charge is 0.163 e. The van der Waals surface area contributed by atoms with Gasteiger partial charge in [-0.2, -0.15) is 21.0 Å². The van der Waals surface area contributed by atoms with E-state index in [1.165, 1.54) is 24.3 Å². The summed E-state index contributed by atoms with van der Waals surface area (Å²) < 4.78 is 26.7. The van der Waals surface area contributed by atoms with Crippen LogP contribution in [0.5, 0.6) is 0 Å². The molecule has 16 heavy (non-hydrogen) atoms. The minimum absolute atomic E-state index is 0.695. The molecule has 0 unspecified atom stereocenters. The molecule has 0 fully saturated rings. The second-order valence-corrected chi connectivity index (χ2v) is 2.58. The van der Waals surface area contributed by atoms with Crippen LogP contribution in [0.4, 0.5) is 8.78 Å². The molecule has 0 N–H and O–H groups in total. The quantitative estimate of drug-likeness (QED) is 0.652. The highest BCUT2D eigenvalue weighted by molar-refractivity contribution is 5.60. The Morgan fingerprint density at radius 2 is 0.875 bits per heavy atom. The van der Waals surface area contributed by atoms with Crippen molar-refractivity contribution in [1.29, 1.82) is 21.0 Å². The Hall–Kier alpha value is -2.96. The van der Waals surface area contributed by atoms with Crippen molar-refractivity contribution in [1.82, 2.24) is 0 Å². The molecule has 0 aromatic heterocycles. The van der Waals surface area contributed by atoms with Crippen molar-refractivity contribution in [2.24, 2.45) is 0 Å². The Labute approximate surface area is 88.8 Å². The van der Waals surface area contributed by atoms with Gasteiger partial charge in [-0.25, -0.2) is 8.78 Å². The van der Waals surface area contributed by atoms with Gasteiger partial charge in [0.2, 0.25) is 0 Å². The highest BCUT2D eigenvalue weighted by Crippen LogP contribution is 2.24. The standard InChI is InChI=1S/C10F2N4/c11-9-6(2-14)5(1-13)7(3-15)10(12)8(9)4-16. The Morgan fingerprint density at radius 1 is 0.562 bits per heavy atom. The number of benzene rings is 1.